The summed E-state index contributed by atoms with van der Waals surface area (Å²) < 4.78 is 0. The van der Waals surface area contributed by atoms with Crippen LogP contribution in [0, 0.1) is 0 Å². The lowest BCUT2D eigenvalue weighted by molar-refractivity contribution is 0.854. The van der Waals surface area contributed by atoms with Crippen molar-refractivity contribution in [3.05, 3.63) is 236 Å². The van der Waals surface area contributed by atoms with Crippen LogP contribution in [0.25, 0.3) is 66.9 Å². The molecule has 1 aliphatic rings. The van der Waals surface area contributed by atoms with Gasteiger partial charge in [0.15, 0.2) is 0 Å². The molecular weight excluding hydrogens is 715 g/mol. The summed E-state index contributed by atoms with van der Waals surface area (Å²) in [5.41, 5.74) is 17.2. The van der Waals surface area contributed by atoms with Crippen molar-refractivity contribution >= 4 is 28.1 Å². The standard InChI is InChI=1S/C56H41N3/c1-6-20-40(21-7-1)47-30-18-34-51(53(47)42-24-10-3-11-25-42)59(52-35-19-31-48(41-22-8-2-9-23-41)54(52)43-26-12-4-13-27-43)46-38-36-45(37-39-46)56-55(44-28-14-5-15-29-44)57-49-32-16-17-33-50(49)58-56/h1-26,28-39,43H,27H2. The van der Waals surface area contributed by atoms with E-state index in [9.17, 15) is 0 Å². The van der Waals surface area contributed by atoms with Crippen LogP contribution in [-0.4, -0.2) is 9.97 Å². The van der Waals surface area contributed by atoms with E-state index in [0.717, 1.165) is 62.6 Å². The fourth-order valence-corrected chi connectivity index (χ4v) is 8.47. The van der Waals surface area contributed by atoms with Crippen molar-refractivity contribution in [2.24, 2.45) is 0 Å². The number of anilines is 3. The predicted molar refractivity (Wildman–Crippen MR) is 247 cm³/mol. The molecule has 1 aliphatic carbocycles. The third kappa shape index (κ3) is 7.04. The van der Waals surface area contributed by atoms with Crippen LogP contribution < -0.4 is 4.90 Å². The Labute approximate surface area is 346 Å². The average molecular weight is 756 g/mol. The first-order valence-electron chi connectivity index (χ1n) is 20.3. The molecule has 1 atom stereocenters. The zero-order chi connectivity index (χ0) is 39.4. The summed E-state index contributed by atoms with van der Waals surface area (Å²) in [5, 5.41) is 0. The van der Waals surface area contributed by atoms with E-state index in [1.54, 1.807) is 0 Å². The van der Waals surface area contributed by atoms with Gasteiger partial charge >= 0.3 is 0 Å². The Hall–Kier alpha value is -7.62. The second kappa shape index (κ2) is 16.1. The SMILES string of the molecule is C1=CCC(c2c(-c3ccccc3)cccc2N(c2ccc(-c3nc4ccccc4nc3-c3ccccc3)cc2)c2cccc(-c3ccccc3)c2-c2ccccc2)C=C1. The monoisotopic (exact) mass is 755 g/mol. The lowest BCUT2D eigenvalue weighted by Crippen LogP contribution is -2.16. The lowest BCUT2D eigenvalue weighted by atomic mass is 9.84. The maximum absolute atomic E-state index is 5.24. The zero-order valence-electron chi connectivity index (χ0n) is 32.6. The molecule has 59 heavy (non-hydrogen) atoms. The third-order valence-electron chi connectivity index (χ3n) is 11.2. The largest absolute Gasteiger partial charge is 0.310 e. The molecule has 0 spiro atoms. The van der Waals surface area contributed by atoms with Crippen molar-refractivity contribution in [2.75, 3.05) is 4.90 Å². The molecule has 0 amide bonds. The second-order valence-corrected chi connectivity index (χ2v) is 14.8. The van der Waals surface area contributed by atoms with Crippen molar-refractivity contribution < 1.29 is 0 Å². The van der Waals surface area contributed by atoms with Crippen molar-refractivity contribution in [3.8, 4) is 55.9 Å². The number of rotatable bonds is 9. The van der Waals surface area contributed by atoms with Gasteiger partial charge in [0, 0.05) is 28.3 Å². The molecule has 1 aromatic heterocycles. The second-order valence-electron chi connectivity index (χ2n) is 14.8. The molecule has 3 heteroatoms. The van der Waals surface area contributed by atoms with Gasteiger partial charge < -0.3 is 4.90 Å². The Kier molecular flexibility index (Phi) is 9.75. The molecule has 10 rings (SSSR count). The van der Waals surface area contributed by atoms with Crippen LogP contribution in [0.4, 0.5) is 17.1 Å². The van der Waals surface area contributed by atoms with Crippen LogP contribution in [0.1, 0.15) is 17.9 Å². The highest BCUT2D eigenvalue weighted by atomic mass is 15.1. The predicted octanol–water partition coefficient (Wildman–Crippen LogP) is 15.0. The maximum Gasteiger partial charge on any atom is 0.0973 e. The molecule has 0 aliphatic heterocycles. The van der Waals surface area contributed by atoms with Crippen LogP contribution in [0.5, 0.6) is 0 Å². The molecule has 0 saturated carbocycles. The first-order valence-corrected chi connectivity index (χ1v) is 20.3. The van der Waals surface area contributed by atoms with Gasteiger partial charge in [0.05, 0.1) is 33.8 Å². The molecule has 0 N–H and O–H groups in total. The number of fused-ring (bicyclic) bond motifs is 1. The topological polar surface area (TPSA) is 29.0 Å². The Balaban J connectivity index is 1.23. The number of hydrogen-bond acceptors (Lipinski definition) is 3. The number of para-hydroxylation sites is 2. The summed E-state index contributed by atoms with van der Waals surface area (Å²) in [7, 11) is 0. The quantitative estimate of drug-likeness (QED) is 0.147. The summed E-state index contributed by atoms with van der Waals surface area (Å²) in [6.07, 6.45) is 9.91. The van der Waals surface area contributed by atoms with Gasteiger partial charge in [-0.2, -0.15) is 0 Å². The zero-order valence-corrected chi connectivity index (χ0v) is 32.6. The van der Waals surface area contributed by atoms with E-state index >= 15 is 0 Å². The van der Waals surface area contributed by atoms with Gasteiger partial charge in [-0.25, -0.2) is 9.97 Å². The lowest BCUT2D eigenvalue weighted by Gasteiger charge is -2.33. The third-order valence-corrected chi connectivity index (χ3v) is 11.2. The maximum atomic E-state index is 5.24. The minimum Gasteiger partial charge on any atom is -0.310 e. The Morgan fingerprint density at radius 1 is 0.390 bits per heavy atom. The van der Waals surface area contributed by atoms with Crippen LogP contribution in [0.3, 0.4) is 0 Å². The van der Waals surface area contributed by atoms with Crippen molar-refractivity contribution in [1.82, 2.24) is 9.97 Å². The summed E-state index contributed by atoms with van der Waals surface area (Å²) in [6.45, 7) is 0. The van der Waals surface area contributed by atoms with E-state index in [2.05, 4.69) is 205 Å². The van der Waals surface area contributed by atoms with Gasteiger partial charge in [-0.3, -0.25) is 0 Å². The van der Waals surface area contributed by atoms with Gasteiger partial charge in [0.2, 0.25) is 0 Å². The molecule has 1 unspecified atom stereocenters. The van der Waals surface area contributed by atoms with E-state index in [1.807, 2.05) is 30.3 Å². The number of allylic oxidation sites excluding steroid dienone is 4. The van der Waals surface area contributed by atoms with Gasteiger partial charge in [0.1, 0.15) is 0 Å². The number of aromatic nitrogens is 2. The van der Waals surface area contributed by atoms with E-state index in [0.29, 0.717) is 0 Å². The van der Waals surface area contributed by atoms with Crippen LogP contribution >= 0.6 is 0 Å². The Bertz CT molecular complexity index is 2940. The van der Waals surface area contributed by atoms with Crippen LogP contribution in [-0.2, 0) is 0 Å². The normalized spacial score (nSPS) is 13.4. The first-order chi connectivity index (χ1) is 29.3. The van der Waals surface area contributed by atoms with Gasteiger partial charge in [-0.05, 0) is 76.2 Å². The summed E-state index contributed by atoms with van der Waals surface area (Å²) >= 11 is 0. The number of hydrogen-bond donors (Lipinski definition) is 0. The molecule has 280 valence electrons. The summed E-state index contributed by atoms with van der Waals surface area (Å²) in [6, 6.07) is 73.3. The van der Waals surface area contributed by atoms with E-state index in [4.69, 9.17) is 9.97 Å². The van der Waals surface area contributed by atoms with Crippen molar-refractivity contribution in [1.29, 1.82) is 0 Å². The highest BCUT2D eigenvalue weighted by molar-refractivity contribution is 5.98. The molecule has 0 bridgehead atoms. The number of benzene rings is 8. The molecule has 9 aromatic rings. The summed E-state index contributed by atoms with van der Waals surface area (Å²) in [5.74, 6) is 0.173. The first kappa shape index (κ1) is 35.8. The molecule has 3 nitrogen and oxygen atoms in total. The van der Waals surface area contributed by atoms with Gasteiger partial charge in [0.25, 0.3) is 0 Å². The van der Waals surface area contributed by atoms with Crippen molar-refractivity contribution in [3.63, 3.8) is 0 Å². The van der Waals surface area contributed by atoms with E-state index < -0.39 is 0 Å². The average Bonchev–Trinajstić information content (AvgIpc) is 3.32. The molecule has 0 radical (unpaired) electrons. The Morgan fingerprint density at radius 3 is 1.46 bits per heavy atom. The molecular formula is C56H41N3. The smallest absolute Gasteiger partial charge is 0.0973 e. The molecule has 1 heterocycles. The highest BCUT2D eigenvalue weighted by Gasteiger charge is 2.27. The summed E-state index contributed by atoms with van der Waals surface area (Å²) in [4.78, 5) is 12.9. The molecule has 8 aromatic carbocycles. The van der Waals surface area contributed by atoms with Gasteiger partial charge in [-0.1, -0.05) is 194 Å². The van der Waals surface area contributed by atoms with Crippen molar-refractivity contribution in [2.45, 2.75) is 12.3 Å². The molecule has 0 fully saturated rings. The van der Waals surface area contributed by atoms with Crippen LogP contribution in [0.15, 0.2) is 231 Å². The fourth-order valence-electron chi connectivity index (χ4n) is 8.47. The highest BCUT2D eigenvalue weighted by Crippen LogP contribution is 2.50. The minimum atomic E-state index is 0.173. The number of nitrogens with zero attached hydrogens (tertiary/aromatic N) is 3. The fraction of sp³-hybridized carbons (Fsp3) is 0.0357. The van der Waals surface area contributed by atoms with Gasteiger partial charge in [-0.15, -0.1) is 0 Å². The van der Waals surface area contributed by atoms with E-state index in [1.165, 1.54) is 33.4 Å². The van der Waals surface area contributed by atoms with Crippen LogP contribution in [0.2, 0.25) is 0 Å². The minimum absolute atomic E-state index is 0.173. The van der Waals surface area contributed by atoms with E-state index in [-0.39, 0.29) is 5.92 Å². The Morgan fingerprint density at radius 2 is 0.881 bits per heavy atom. The molecule has 0 saturated heterocycles.